The predicted molar refractivity (Wildman–Crippen MR) is 84.9 cm³/mol. The van der Waals surface area contributed by atoms with Gasteiger partial charge in [0.25, 0.3) is 0 Å². The lowest BCUT2D eigenvalue weighted by atomic mass is 10.0. The number of carbonyl (C=O) groups is 1. The number of fused-ring (bicyclic) bond motifs is 1. The predicted octanol–water partition coefficient (Wildman–Crippen LogP) is 5.05. The highest BCUT2D eigenvalue weighted by Gasteiger charge is 2.18. The number of rotatable bonds is 2. The van der Waals surface area contributed by atoms with E-state index in [0.29, 0.717) is 11.1 Å². The van der Waals surface area contributed by atoms with Gasteiger partial charge in [-0.05, 0) is 50.1 Å². The van der Waals surface area contributed by atoms with Crippen LogP contribution in [0.5, 0.6) is 0 Å². The average Bonchev–Trinajstić information content (AvgIpc) is 2.76. The van der Waals surface area contributed by atoms with Gasteiger partial charge >= 0.3 is 0 Å². The molecule has 0 fully saturated rings. The van der Waals surface area contributed by atoms with Crippen LogP contribution in [0, 0.1) is 0 Å². The molecular weight excluding hydrogens is 390 g/mol. The summed E-state index contributed by atoms with van der Waals surface area (Å²) in [5, 5.41) is 0.971. The molecule has 0 aliphatic carbocycles. The molecule has 0 aliphatic heterocycles. The highest BCUT2D eigenvalue weighted by Crippen LogP contribution is 2.34. The topological polar surface area (TPSA) is 30.0 Å². The van der Waals surface area contributed by atoms with Crippen molar-refractivity contribution < 1.29 is 4.79 Å². The Morgan fingerprint density at radius 2 is 1.89 bits per heavy atom. The second-order valence-electron chi connectivity index (χ2n) is 3.95. The molecule has 0 radical (unpaired) electrons. The Bertz CT molecular complexity index is 777. The van der Waals surface area contributed by atoms with E-state index in [-0.39, 0.29) is 5.78 Å². The van der Waals surface area contributed by atoms with Crippen LogP contribution in [-0.2, 0) is 0 Å². The number of para-hydroxylation sites is 1. The zero-order chi connectivity index (χ0) is 13.4. The van der Waals surface area contributed by atoms with Gasteiger partial charge in [0.2, 0.25) is 0 Å². The molecule has 0 unspecified atom stereocenters. The van der Waals surface area contributed by atoms with E-state index in [1.54, 1.807) is 6.20 Å². The largest absolute Gasteiger partial charge is 0.288 e. The van der Waals surface area contributed by atoms with Crippen molar-refractivity contribution in [2.24, 2.45) is 0 Å². The van der Waals surface area contributed by atoms with Crippen LogP contribution in [0.3, 0.4) is 0 Å². The number of carbonyl (C=O) groups excluding carboxylic acids is 1. The Morgan fingerprint density at radius 1 is 1.11 bits per heavy atom. The van der Waals surface area contributed by atoms with E-state index in [4.69, 9.17) is 0 Å². The third-order valence-electron chi connectivity index (χ3n) is 2.78. The molecule has 2 heterocycles. The summed E-state index contributed by atoms with van der Waals surface area (Å²) in [4.78, 5) is 16.9. The molecule has 3 aromatic rings. The number of nitrogens with zero attached hydrogens (tertiary/aromatic N) is 1. The number of hydrogen-bond donors (Lipinski definition) is 0. The van der Waals surface area contributed by atoms with Gasteiger partial charge in [-0.2, -0.15) is 0 Å². The summed E-state index contributed by atoms with van der Waals surface area (Å²) in [6, 6.07) is 11.3. The van der Waals surface area contributed by atoms with E-state index >= 15 is 0 Å². The number of pyridine rings is 1. The standard InChI is InChI=1S/C14H7Br2NOS/c15-11-7-10(14(16)19-11)13(18)9-5-1-3-8-4-2-6-17-12(8)9/h1-7H. The van der Waals surface area contributed by atoms with Crippen molar-refractivity contribution in [3.63, 3.8) is 0 Å². The van der Waals surface area contributed by atoms with Gasteiger partial charge in [-0.25, -0.2) is 0 Å². The zero-order valence-corrected chi connectivity index (χ0v) is 13.5. The SMILES string of the molecule is O=C(c1cc(Br)sc1Br)c1cccc2cccnc12. The molecule has 0 N–H and O–H groups in total. The van der Waals surface area contributed by atoms with E-state index in [2.05, 4.69) is 36.8 Å². The molecule has 0 atom stereocenters. The maximum atomic E-state index is 12.6. The molecule has 2 nitrogen and oxygen atoms in total. The van der Waals surface area contributed by atoms with Gasteiger partial charge in [-0.3, -0.25) is 9.78 Å². The highest BCUT2D eigenvalue weighted by molar-refractivity contribution is 9.12. The molecule has 0 aliphatic rings. The maximum absolute atomic E-state index is 12.6. The summed E-state index contributed by atoms with van der Waals surface area (Å²) in [5.74, 6) is -0.0156. The van der Waals surface area contributed by atoms with E-state index in [9.17, 15) is 4.79 Å². The fourth-order valence-corrected chi connectivity index (χ4v) is 4.72. The third-order valence-corrected chi connectivity index (χ3v) is 5.12. The Balaban J connectivity index is 2.19. The van der Waals surface area contributed by atoms with E-state index in [0.717, 1.165) is 18.5 Å². The summed E-state index contributed by atoms with van der Waals surface area (Å²) < 4.78 is 1.76. The first-order valence-corrected chi connectivity index (χ1v) is 7.90. The van der Waals surface area contributed by atoms with Crippen molar-refractivity contribution in [3.05, 3.63) is 61.3 Å². The Hall–Kier alpha value is -1.04. The molecule has 1 aromatic carbocycles. The monoisotopic (exact) mass is 395 g/mol. The van der Waals surface area contributed by atoms with Crippen LogP contribution in [0.25, 0.3) is 10.9 Å². The molecule has 5 heteroatoms. The van der Waals surface area contributed by atoms with Crippen LogP contribution in [0.15, 0.2) is 50.2 Å². The molecule has 0 saturated heterocycles. The smallest absolute Gasteiger partial charge is 0.197 e. The normalized spacial score (nSPS) is 10.8. The summed E-state index contributed by atoms with van der Waals surface area (Å²) in [7, 11) is 0. The van der Waals surface area contributed by atoms with Crippen molar-refractivity contribution in [2.75, 3.05) is 0 Å². The highest BCUT2D eigenvalue weighted by atomic mass is 79.9. The van der Waals surface area contributed by atoms with Crippen LogP contribution < -0.4 is 0 Å². The van der Waals surface area contributed by atoms with Crippen molar-refractivity contribution in [1.82, 2.24) is 4.98 Å². The minimum Gasteiger partial charge on any atom is -0.288 e. The van der Waals surface area contributed by atoms with E-state index in [1.165, 1.54) is 11.3 Å². The lowest BCUT2D eigenvalue weighted by Crippen LogP contribution is -2.02. The lowest BCUT2D eigenvalue weighted by molar-refractivity contribution is 0.104. The molecule has 0 amide bonds. The molecule has 94 valence electrons. The molecular formula is C14H7Br2NOS. The molecule has 0 spiro atoms. The van der Waals surface area contributed by atoms with Crippen molar-refractivity contribution >= 4 is 59.9 Å². The van der Waals surface area contributed by atoms with Crippen LogP contribution in [0.1, 0.15) is 15.9 Å². The fourth-order valence-electron chi connectivity index (χ4n) is 1.93. The first-order chi connectivity index (χ1) is 9.16. The minimum absolute atomic E-state index is 0.0156. The Kier molecular flexibility index (Phi) is 3.52. The van der Waals surface area contributed by atoms with E-state index in [1.807, 2.05) is 36.4 Å². The lowest BCUT2D eigenvalue weighted by Gasteiger charge is -2.04. The number of aromatic nitrogens is 1. The summed E-state index contributed by atoms with van der Waals surface area (Å²) >= 11 is 8.31. The van der Waals surface area contributed by atoms with Gasteiger partial charge in [0.05, 0.1) is 13.1 Å². The summed E-state index contributed by atoms with van der Waals surface area (Å²) in [6.07, 6.45) is 1.71. The van der Waals surface area contributed by atoms with Crippen molar-refractivity contribution in [3.8, 4) is 0 Å². The Morgan fingerprint density at radius 3 is 2.63 bits per heavy atom. The summed E-state index contributed by atoms with van der Waals surface area (Å²) in [6.45, 7) is 0. The maximum Gasteiger partial charge on any atom is 0.197 e. The average molecular weight is 397 g/mol. The van der Waals surface area contributed by atoms with E-state index < -0.39 is 0 Å². The van der Waals surface area contributed by atoms with Crippen molar-refractivity contribution in [1.29, 1.82) is 0 Å². The quantitative estimate of drug-likeness (QED) is 0.567. The van der Waals surface area contributed by atoms with Gasteiger partial charge < -0.3 is 0 Å². The molecule has 0 bridgehead atoms. The number of halogens is 2. The summed E-state index contributed by atoms with van der Waals surface area (Å²) in [5.41, 5.74) is 2.03. The Labute approximate surface area is 130 Å². The number of ketones is 1. The molecule has 0 saturated carbocycles. The first-order valence-electron chi connectivity index (χ1n) is 5.50. The third kappa shape index (κ3) is 2.38. The van der Waals surface area contributed by atoms with Gasteiger partial charge in [-0.1, -0.05) is 18.2 Å². The van der Waals surface area contributed by atoms with Gasteiger partial charge in [0, 0.05) is 22.7 Å². The second-order valence-corrected chi connectivity index (χ2v) is 7.70. The zero-order valence-electron chi connectivity index (χ0n) is 9.56. The molecule has 3 rings (SSSR count). The first kappa shape index (κ1) is 13.0. The fraction of sp³-hybridized carbons (Fsp3) is 0. The number of thiophene rings is 1. The number of hydrogen-bond acceptors (Lipinski definition) is 3. The molecule has 2 aromatic heterocycles. The van der Waals surface area contributed by atoms with Crippen LogP contribution in [0.4, 0.5) is 0 Å². The van der Waals surface area contributed by atoms with Crippen LogP contribution >= 0.6 is 43.2 Å². The minimum atomic E-state index is -0.0156. The molecule has 19 heavy (non-hydrogen) atoms. The second kappa shape index (κ2) is 5.15. The van der Waals surface area contributed by atoms with Crippen LogP contribution in [-0.4, -0.2) is 10.8 Å². The van der Waals surface area contributed by atoms with Gasteiger partial charge in [0.15, 0.2) is 5.78 Å². The van der Waals surface area contributed by atoms with Crippen molar-refractivity contribution in [2.45, 2.75) is 0 Å². The van der Waals surface area contributed by atoms with Gasteiger partial charge in [-0.15, -0.1) is 11.3 Å². The van der Waals surface area contributed by atoms with Gasteiger partial charge in [0.1, 0.15) is 0 Å². The number of benzene rings is 1. The van der Waals surface area contributed by atoms with Crippen LogP contribution in [0.2, 0.25) is 0 Å².